The van der Waals surface area contributed by atoms with E-state index in [9.17, 15) is 0 Å². The first kappa shape index (κ1) is 12.9. The second kappa shape index (κ2) is 9.12. The molecule has 0 atom stereocenters. The molecule has 0 amide bonds. The molecule has 0 aliphatic heterocycles. The number of allylic oxidation sites excluding steroid dienone is 8. The van der Waals surface area contributed by atoms with Gasteiger partial charge in [-0.25, -0.2) is 0 Å². The van der Waals surface area contributed by atoms with E-state index >= 15 is 0 Å². The van der Waals surface area contributed by atoms with Crippen molar-refractivity contribution in [1.29, 1.82) is 0 Å². The average molecular weight is 310 g/mol. The van der Waals surface area contributed by atoms with Crippen molar-refractivity contribution in [3.05, 3.63) is 46.7 Å². The quantitative estimate of drug-likeness (QED) is 0.485. The number of hydrogen-bond acceptors (Lipinski definition) is 0. The van der Waals surface area contributed by atoms with Crippen LogP contribution in [0.3, 0.4) is 0 Å². The fraction of sp³-hybridized carbons (Fsp3) is 0.385. The Labute approximate surface area is 104 Å². The topological polar surface area (TPSA) is 0 Å². The maximum atomic E-state index is 5.59. The number of halogens is 1. The van der Waals surface area contributed by atoms with E-state index < -0.39 is 0 Å². The SMILES string of the molecule is C1=C\CC/C=C\CC/1.[Cl][Ru][C]1=CC=CC1. The zero-order valence-corrected chi connectivity index (χ0v) is 11.3. The third-order valence-electron chi connectivity index (χ3n) is 2.14. The van der Waals surface area contributed by atoms with Gasteiger partial charge in [0.25, 0.3) is 0 Å². The Hall–Kier alpha value is -0.127. The Morgan fingerprint density at radius 3 is 1.67 bits per heavy atom. The van der Waals surface area contributed by atoms with Crippen LogP contribution in [0.2, 0.25) is 0 Å². The number of hydrogen-bond donors (Lipinski definition) is 0. The van der Waals surface area contributed by atoms with Gasteiger partial charge in [0, 0.05) is 0 Å². The second-order valence-electron chi connectivity index (χ2n) is 3.39. The third kappa shape index (κ3) is 6.87. The van der Waals surface area contributed by atoms with Crippen LogP contribution in [0.1, 0.15) is 32.1 Å². The molecule has 0 fully saturated rings. The molecule has 2 rings (SSSR count). The molecule has 0 N–H and O–H groups in total. The van der Waals surface area contributed by atoms with Gasteiger partial charge in [0.1, 0.15) is 0 Å². The van der Waals surface area contributed by atoms with Gasteiger partial charge in [-0.05, 0) is 25.7 Å². The molecule has 2 aliphatic rings. The summed E-state index contributed by atoms with van der Waals surface area (Å²) in [5.74, 6) is 0. The standard InChI is InChI=1S/C8H12.C5H5.ClH.Ru/c1-2-4-6-8-7-5-3-1;1-2-4-5-3-1;;/h1-2,7-8H,3-6H2;1-3H,4H2;1H;/q;;;+1/p-1/b2-1-,8-7-;;;. The zero-order chi connectivity index (χ0) is 10.8. The summed E-state index contributed by atoms with van der Waals surface area (Å²) in [7, 11) is 5.59. The van der Waals surface area contributed by atoms with Gasteiger partial charge in [0.2, 0.25) is 0 Å². The molecule has 0 aromatic carbocycles. The van der Waals surface area contributed by atoms with Gasteiger partial charge in [0.15, 0.2) is 0 Å². The molecule has 84 valence electrons. The summed E-state index contributed by atoms with van der Waals surface area (Å²) >= 11 is 0.0225. The van der Waals surface area contributed by atoms with Gasteiger partial charge in [-0.15, -0.1) is 0 Å². The van der Waals surface area contributed by atoms with Crippen LogP contribution in [0.5, 0.6) is 0 Å². The summed E-state index contributed by atoms with van der Waals surface area (Å²) in [6.45, 7) is 0. The monoisotopic (exact) mass is 310 g/mol. The van der Waals surface area contributed by atoms with Gasteiger partial charge in [-0.2, -0.15) is 0 Å². The molecule has 0 heterocycles. The van der Waals surface area contributed by atoms with Crippen molar-refractivity contribution in [2.75, 3.05) is 0 Å². The molecule has 0 bridgehead atoms. The second-order valence-corrected chi connectivity index (χ2v) is 5.63. The zero-order valence-electron chi connectivity index (χ0n) is 8.81. The fourth-order valence-electron chi connectivity index (χ4n) is 1.32. The maximum absolute atomic E-state index is 5.59. The van der Waals surface area contributed by atoms with E-state index in [1.807, 2.05) is 0 Å². The Balaban J connectivity index is 0.000000151. The van der Waals surface area contributed by atoms with E-state index in [-0.39, 0.29) is 16.1 Å². The first-order valence-corrected chi connectivity index (χ1v) is 8.43. The number of rotatable bonds is 1. The molecule has 0 aromatic heterocycles. The van der Waals surface area contributed by atoms with Crippen LogP contribution in [0.4, 0.5) is 0 Å². The molecule has 15 heavy (non-hydrogen) atoms. The third-order valence-corrected chi connectivity index (χ3v) is 4.22. The van der Waals surface area contributed by atoms with Gasteiger partial charge < -0.3 is 0 Å². The molecule has 0 saturated heterocycles. The van der Waals surface area contributed by atoms with Crippen LogP contribution < -0.4 is 0 Å². The van der Waals surface area contributed by atoms with Crippen LogP contribution in [0.15, 0.2) is 46.7 Å². The van der Waals surface area contributed by atoms with Crippen molar-refractivity contribution in [2.45, 2.75) is 32.1 Å². The minimum absolute atomic E-state index is 0.0225. The van der Waals surface area contributed by atoms with Crippen molar-refractivity contribution >= 4 is 9.69 Å². The molecular weight excluding hydrogens is 293 g/mol. The predicted molar refractivity (Wildman–Crippen MR) is 64.4 cm³/mol. The van der Waals surface area contributed by atoms with Crippen molar-refractivity contribution in [3.8, 4) is 0 Å². The summed E-state index contributed by atoms with van der Waals surface area (Å²) in [5, 5.41) is 0. The van der Waals surface area contributed by atoms with Gasteiger partial charge in [-0.1, -0.05) is 24.3 Å². The molecule has 0 unspecified atom stereocenters. The van der Waals surface area contributed by atoms with Gasteiger partial charge in [-0.3, -0.25) is 0 Å². The first-order valence-electron chi connectivity index (χ1n) is 5.33. The summed E-state index contributed by atoms with van der Waals surface area (Å²) in [6, 6.07) is 0. The van der Waals surface area contributed by atoms with Crippen molar-refractivity contribution in [2.24, 2.45) is 0 Å². The molecule has 2 aliphatic carbocycles. The van der Waals surface area contributed by atoms with Crippen LogP contribution in [0, 0.1) is 0 Å². The summed E-state index contributed by atoms with van der Waals surface area (Å²) in [4.78, 5) is 0. The molecule has 2 heteroatoms. The van der Waals surface area contributed by atoms with Crippen molar-refractivity contribution in [3.63, 3.8) is 0 Å². The van der Waals surface area contributed by atoms with Crippen molar-refractivity contribution in [1.82, 2.24) is 0 Å². The average Bonchev–Trinajstić information content (AvgIpc) is 2.69. The Morgan fingerprint density at radius 1 is 0.867 bits per heavy atom. The van der Waals surface area contributed by atoms with Crippen LogP contribution in [0.25, 0.3) is 0 Å². The van der Waals surface area contributed by atoms with E-state index in [4.69, 9.17) is 9.69 Å². The summed E-state index contributed by atoms with van der Waals surface area (Å²) < 4.78 is 1.41. The minimum atomic E-state index is 0.0225. The molecule has 0 nitrogen and oxygen atoms in total. The van der Waals surface area contributed by atoms with E-state index in [1.54, 1.807) is 0 Å². The Kier molecular flexibility index (Phi) is 7.87. The summed E-state index contributed by atoms with van der Waals surface area (Å²) in [5.41, 5.74) is 0. The van der Waals surface area contributed by atoms with Gasteiger partial charge >= 0.3 is 54.6 Å². The summed E-state index contributed by atoms with van der Waals surface area (Å²) in [6.07, 6.45) is 21.4. The fourth-order valence-corrected chi connectivity index (χ4v) is 2.52. The molecule has 0 radical (unpaired) electrons. The normalized spacial score (nSPS) is 23.4. The van der Waals surface area contributed by atoms with E-state index in [1.165, 1.54) is 29.9 Å². The predicted octanol–water partition coefficient (Wildman–Crippen LogP) is 4.74. The van der Waals surface area contributed by atoms with E-state index in [0.717, 1.165) is 6.42 Å². The Morgan fingerprint density at radius 2 is 1.40 bits per heavy atom. The van der Waals surface area contributed by atoms with Crippen LogP contribution in [-0.2, 0) is 16.1 Å². The molecule has 0 aromatic rings. The molecule has 0 spiro atoms. The molecular formula is C13H17ClRu. The molecule has 0 saturated carbocycles. The van der Waals surface area contributed by atoms with Crippen LogP contribution >= 0.6 is 9.69 Å². The Bertz CT molecular complexity index is 248. The van der Waals surface area contributed by atoms with Crippen molar-refractivity contribution < 1.29 is 16.1 Å². The van der Waals surface area contributed by atoms with Gasteiger partial charge in [0.05, 0.1) is 0 Å². The van der Waals surface area contributed by atoms with E-state index in [2.05, 4.69) is 42.5 Å². The van der Waals surface area contributed by atoms with E-state index in [0.29, 0.717) is 0 Å². The first-order chi connectivity index (χ1) is 7.43. The van der Waals surface area contributed by atoms with Crippen LogP contribution in [-0.4, -0.2) is 0 Å².